The van der Waals surface area contributed by atoms with Gasteiger partial charge in [0.05, 0.1) is 0 Å². The van der Waals surface area contributed by atoms with Crippen LogP contribution < -0.4 is 11.1 Å². The van der Waals surface area contributed by atoms with Crippen molar-refractivity contribution in [2.24, 2.45) is 11.7 Å². The van der Waals surface area contributed by atoms with Crippen LogP contribution in [-0.2, 0) is 4.79 Å². The van der Waals surface area contributed by atoms with Gasteiger partial charge in [-0.1, -0.05) is 19.3 Å². The molecule has 1 aliphatic rings. The van der Waals surface area contributed by atoms with E-state index in [1.54, 1.807) is 6.20 Å². The first-order valence-corrected chi connectivity index (χ1v) is 6.69. The molecule has 2 rings (SSSR count). The van der Waals surface area contributed by atoms with Crippen LogP contribution >= 0.6 is 0 Å². The normalized spacial score (nSPS) is 18.3. The van der Waals surface area contributed by atoms with Crippen LogP contribution in [-0.4, -0.2) is 10.9 Å². The lowest BCUT2D eigenvalue weighted by Crippen LogP contribution is -2.25. The number of anilines is 1. The third-order valence-corrected chi connectivity index (χ3v) is 3.54. The number of nitrogens with zero attached hydrogens (tertiary/aromatic N) is 1. The molecule has 4 heteroatoms. The number of nitrogens with two attached hydrogens (primary N) is 1. The van der Waals surface area contributed by atoms with Crippen molar-refractivity contribution in [3.05, 3.63) is 23.9 Å². The van der Waals surface area contributed by atoms with Crippen LogP contribution in [0.1, 0.15) is 50.6 Å². The molecular weight excluding hydrogens is 226 g/mol. The Morgan fingerprint density at radius 1 is 1.44 bits per heavy atom. The van der Waals surface area contributed by atoms with Gasteiger partial charge in [-0.2, -0.15) is 0 Å². The summed E-state index contributed by atoms with van der Waals surface area (Å²) >= 11 is 0. The summed E-state index contributed by atoms with van der Waals surface area (Å²) in [5, 5.41) is 2.90. The number of hydrogen-bond donors (Lipinski definition) is 2. The summed E-state index contributed by atoms with van der Waals surface area (Å²) in [5.41, 5.74) is 6.81. The zero-order valence-corrected chi connectivity index (χ0v) is 10.9. The van der Waals surface area contributed by atoms with Gasteiger partial charge in [0.25, 0.3) is 0 Å². The summed E-state index contributed by atoms with van der Waals surface area (Å²) in [4.78, 5) is 16.2. The van der Waals surface area contributed by atoms with E-state index in [2.05, 4.69) is 10.3 Å². The molecule has 0 spiro atoms. The Bertz CT molecular complexity index is 411. The molecule has 98 valence electrons. The molecule has 1 aromatic rings. The maximum Gasteiger partial charge on any atom is 0.228 e. The smallest absolute Gasteiger partial charge is 0.228 e. The van der Waals surface area contributed by atoms with Crippen LogP contribution in [0.2, 0.25) is 0 Å². The Kier molecular flexibility index (Phi) is 4.31. The molecule has 0 aliphatic heterocycles. The molecule has 3 N–H and O–H groups in total. The van der Waals surface area contributed by atoms with Crippen LogP contribution in [0.5, 0.6) is 0 Å². The minimum atomic E-state index is -0.0432. The molecular formula is C14H21N3O. The van der Waals surface area contributed by atoms with Gasteiger partial charge in [-0.05, 0) is 37.5 Å². The number of rotatable bonds is 3. The molecule has 0 radical (unpaired) electrons. The van der Waals surface area contributed by atoms with Gasteiger partial charge in [0.2, 0.25) is 5.91 Å². The van der Waals surface area contributed by atoms with Crippen molar-refractivity contribution in [3.8, 4) is 0 Å². The molecule has 0 saturated heterocycles. The minimum absolute atomic E-state index is 0.0432. The number of aromatic nitrogens is 1. The first kappa shape index (κ1) is 13.0. The third-order valence-electron chi connectivity index (χ3n) is 3.54. The Labute approximate surface area is 108 Å². The summed E-state index contributed by atoms with van der Waals surface area (Å²) in [7, 11) is 0. The molecule has 0 aromatic carbocycles. The average molecular weight is 247 g/mol. The van der Waals surface area contributed by atoms with E-state index in [9.17, 15) is 4.79 Å². The van der Waals surface area contributed by atoms with Gasteiger partial charge in [0.15, 0.2) is 0 Å². The van der Waals surface area contributed by atoms with Crippen LogP contribution in [0.3, 0.4) is 0 Å². The van der Waals surface area contributed by atoms with Gasteiger partial charge in [-0.15, -0.1) is 0 Å². The van der Waals surface area contributed by atoms with Gasteiger partial charge in [-0.25, -0.2) is 4.98 Å². The fourth-order valence-corrected chi connectivity index (χ4v) is 2.39. The van der Waals surface area contributed by atoms with E-state index in [1.807, 2.05) is 19.1 Å². The molecule has 1 fully saturated rings. The Morgan fingerprint density at radius 3 is 2.83 bits per heavy atom. The largest absolute Gasteiger partial charge is 0.324 e. The minimum Gasteiger partial charge on any atom is -0.324 e. The second-order valence-electron chi connectivity index (χ2n) is 5.09. The number of pyridine rings is 1. The Morgan fingerprint density at radius 2 is 2.17 bits per heavy atom. The lowest BCUT2D eigenvalue weighted by atomic mass is 9.89. The van der Waals surface area contributed by atoms with E-state index in [1.165, 1.54) is 6.42 Å². The van der Waals surface area contributed by atoms with Crippen molar-refractivity contribution in [3.63, 3.8) is 0 Å². The van der Waals surface area contributed by atoms with Crippen molar-refractivity contribution >= 4 is 11.7 Å². The van der Waals surface area contributed by atoms with E-state index in [0.29, 0.717) is 5.82 Å². The zero-order valence-electron chi connectivity index (χ0n) is 10.9. The molecule has 1 heterocycles. The van der Waals surface area contributed by atoms with Gasteiger partial charge in [-0.3, -0.25) is 4.79 Å². The second kappa shape index (κ2) is 5.96. The van der Waals surface area contributed by atoms with E-state index >= 15 is 0 Å². The lowest BCUT2D eigenvalue weighted by molar-refractivity contribution is -0.120. The fraction of sp³-hybridized carbons (Fsp3) is 0.571. The molecule has 18 heavy (non-hydrogen) atoms. The Hall–Kier alpha value is -1.42. The third kappa shape index (κ3) is 3.29. The molecule has 1 unspecified atom stereocenters. The number of carbonyl (C=O) groups is 1. The lowest BCUT2D eigenvalue weighted by Gasteiger charge is -2.20. The van der Waals surface area contributed by atoms with Crippen LogP contribution in [0, 0.1) is 5.92 Å². The van der Waals surface area contributed by atoms with Crippen LogP contribution in [0.4, 0.5) is 5.82 Å². The summed E-state index contributed by atoms with van der Waals surface area (Å²) < 4.78 is 0. The first-order valence-electron chi connectivity index (χ1n) is 6.69. The summed E-state index contributed by atoms with van der Waals surface area (Å²) in [5.74, 6) is 0.865. The van der Waals surface area contributed by atoms with Crippen molar-refractivity contribution in [1.29, 1.82) is 0 Å². The topological polar surface area (TPSA) is 68.0 Å². The highest BCUT2D eigenvalue weighted by Crippen LogP contribution is 2.24. The van der Waals surface area contributed by atoms with Crippen molar-refractivity contribution in [2.45, 2.75) is 45.1 Å². The summed E-state index contributed by atoms with van der Waals surface area (Å²) in [6, 6.07) is 3.69. The molecule has 1 aliphatic carbocycles. The quantitative estimate of drug-likeness (QED) is 0.862. The van der Waals surface area contributed by atoms with Gasteiger partial charge >= 0.3 is 0 Å². The van der Waals surface area contributed by atoms with Crippen LogP contribution in [0.25, 0.3) is 0 Å². The maximum absolute atomic E-state index is 12.1. The number of nitrogens with one attached hydrogen (secondary N) is 1. The zero-order chi connectivity index (χ0) is 13.0. The number of amides is 1. The molecule has 1 aromatic heterocycles. The van der Waals surface area contributed by atoms with Crippen molar-refractivity contribution < 1.29 is 4.79 Å². The Balaban J connectivity index is 1.99. The fourth-order valence-electron chi connectivity index (χ4n) is 2.39. The predicted molar refractivity (Wildman–Crippen MR) is 72.0 cm³/mol. The summed E-state index contributed by atoms with van der Waals surface area (Å²) in [6.07, 6.45) is 7.26. The first-order chi connectivity index (χ1) is 8.66. The van der Waals surface area contributed by atoms with Crippen LogP contribution in [0.15, 0.2) is 18.3 Å². The standard InChI is InChI=1S/C14H21N3O/c1-10(15)12-7-8-16-13(9-12)17-14(18)11-5-3-2-4-6-11/h7-11H,2-6,15H2,1H3,(H,16,17,18). The SMILES string of the molecule is CC(N)c1ccnc(NC(=O)C2CCCCC2)c1. The number of carbonyl (C=O) groups excluding carboxylic acids is 1. The highest BCUT2D eigenvalue weighted by molar-refractivity contribution is 5.91. The average Bonchev–Trinajstić information content (AvgIpc) is 2.40. The van der Waals surface area contributed by atoms with E-state index < -0.39 is 0 Å². The van der Waals surface area contributed by atoms with Crippen molar-refractivity contribution in [1.82, 2.24) is 4.98 Å². The monoisotopic (exact) mass is 247 g/mol. The van der Waals surface area contributed by atoms with Crippen molar-refractivity contribution in [2.75, 3.05) is 5.32 Å². The molecule has 0 bridgehead atoms. The van der Waals surface area contributed by atoms with E-state index in [4.69, 9.17) is 5.73 Å². The number of hydrogen-bond acceptors (Lipinski definition) is 3. The molecule has 1 amide bonds. The second-order valence-corrected chi connectivity index (χ2v) is 5.09. The van der Waals surface area contributed by atoms with E-state index in [-0.39, 0.29) is 17.9 Å². The van der Waals surface area contributed by atoms with Gasteiger partial charge < -0.3 is 11.1 Å². The highest BCUT2D eigenvalue weighted by atomic mass is 16.1. The van der Waals surface area contributed by atoms with Gasteiger partial charge in [0.1, 0.15) is 5.82 Å². The highest BCUT2D eigenvalue weighted by Gasteiger charge is 2.21. The molecule has 4 nitrogen and oxygen atoms in total. The summed E-state index contributed by atoms with van der Waals surface area (Å²) in [6.45, 7) is 1.92. The predicted octanol–water partition coefficient (Wildman–Crippen LogP) is 2.62. The maximum atomic E-state index is 12.1. The molecule has 1 saturated carbocycles. The van der Waals surface area contributed by atoms with E-state index in [0.717, 1.165) is 31.2 Å². The van der Waals surface area contributed by atoms with Gasteiger partial charge in [0, 0.05) is 18.2 Å². The molecule has 1 atom stereocenters.